The second-order valence-electron chi connectivity index (χ2n) is 5.87. The SMILES string of the molecule is C[C@H](NC(=O)/C=C/c1cc(F)cc(F)c1)c1ccc2ccccc2c1. The van der Waals surface area contributed by atoms with Crippen LogP contribution in [-0.2, 0) is 4.79 Å². The molecule has 0 aliphatic carbocycles. The molecule has 3 rings (SSSR count). The van der Waals surface area contributed by atoms with Gasteiger partial charge in [-0.05, 0) is 53.1 Å². The number of hydrogen-bond acceptors (Lipinski definition) is 1. The Morgan fingerprint density at radius 1 is 0.960 bits per heavy atom. The van der Waals surface area contributed by atoms with E-state index >= 15 is 0 Å². The third-order valence-corrected chi connectivity index (χ3v) is 3.94. The Bertz CT molecular complexity index is 929. The summed E-state index contributed by atoms with van der Waals surface area (Å²) in [7, 11) is 0. The normalized spacial score (nSPS) is 12.4. The smallest absolute Gasteiger partial charge is 0.244 e. The van der Waals surface area contributed by atoms with Crippen LogP contribution in [0, 0.1) is 11.6 Å². The number of fused-ring (bicyclic) bond motifs is 1. The Morgan fingerprint density at radius 2 is 1.64 bits per heavy atom. The molecule has 1 atom stereocenters. The molecule has 3 aromatic rings. The number of carbonyl (C=O) groups is 1. The second-order valence-corrected chi connectivity index (χ2v) is 5.87. The second kappa shape index (κ2) is 7.26. The minimum atomic E-state index is -0.676. The van der Waals surface area contributed by atoms with Crippen molar-refractivity contribution in [3.8, 4) is 0 Å². The number of hydrogen-bond donors (Lipinski definition) is 1. The van der Waals surface area contributed by atoms with Gasteiger partial charge in [-0.25, -0.2) is 8.78 Å². The summed E-state index contributed by atoms with van der Waals surface area (Å²) in [4.78, 5) is 12.0. The van der Waals surface area contributed by atoms with Crippen molar-refractivity contribution in [1.29, 1.82) is 0 Å². The molecule has 1 N–H and O–H groups in total. The molecule has 0 spiro atoms. The van der Waals surface area contributed by atoms with Gasteiger partial charge in [0.1, 0.15) is 11.6 Å². The van der Waals surface area contributed by atoms with E-state index in [0.717, 1.165) is 22.4 Å². The van der Waals surface area contributed by atoms with Gasteiger partial charge in [0.05, 0.1) is 6.04 Å². The van der Waals surface area contributed by atoms with Crippen molar-refractivity contribution in [2.45, 2.75) is 13.0 Å². The molecule has 2 nitrogen and oxygen atoms in total. The maximum absolute atomic E-state index is 13.1. The lowest BCUT2D eigenvalue weighted by molar-refractivity contribution is -0.117. The summed E-state index contributed by atoms with van der Waals surface area (Å²) in [5.74, 6) is -1.68. The number of halogens is 2. The Kier molecular flexibility index (Phi) is 4.89. The lowest BCUT2D eigenvalue weighted by Gasteiger charge is -2.13. The average Bonchev–Trinajstić information content (AvgIpc) is 2.58. The van der Waals surface area contributed by atoms with E-state index in [1.165, 1.54) is 24.3 Å². The van der Waals surface area contributed by atoms with Crippen molar-refractivity contribution < 1.29 is 13.6 Å². The molecule has 126 valence electrons. The Hall–Kier alpha value is -3.01. The summed E-state index contributed by atoms with van der Waals surface area (Å²) in [6.45, 7) is 1.89. The highest BCUT2D eigenvalue weighted by molar-refractivity contribution is 5.92. The predicted octanol–water partition coefficient (Wildman–Crippen LogP) is 5.01. The summed E-state index contributed by atoms with van der Waals surface area (Å²) in [6.07, 6.45) is 2.65. The molecule has 0 radical (unpaired) electrons. The van der Waals surface area contributed by atoms with E-state index in [9.17, 15) is 13.6 Å². The molecule has 0 heterocycles. The lowest BCUT2D eigenvalue weighted by Crippen LogP contribution is -2.24. The first kappa shape index (κ1) is 16.8. The highest BCUT2D eigenvalue weighted by Gasteiger charge is 2.08. The van der Waals surface area contributed by atoms with Gasteiger partial charge in [-0.1, -0.05) is 36.4 Å². The van der Waals surface area contributed by atoms with E-state index in [-0.39, 0.29) is 11.9 Å². The van der Waals surface area contributed by atoms with Gasteiger partial charge in [-0.3, -0.25) is 4.79 Å². The highest BCUT2D eigenvalue weighted by Crippen LogP contribution is 2.20. The molecule has 0 saturated carbocycles. The van der Waals surface area contributed by atoms with E-state index in [1.807, 2.05) is 49.4 Å². The molecule has 3 aromatic carbocycles. The standard InChI is InChI=1S/C21H17F2NO/c1-14(17-8-7-16-4-2-3-5-18(16)12-17)24-21(25)9-6-15-10-19(22)13-20(23)11-15/h2-14H,1H3,(H,24,25)/b9-6+/t14-/m0/s1. The van der Waals surface area contributed by atoms with Gasteiger partial charge >= 0.3 is 0 Å². The molecule has 1 amide bonds. The quantitative estimate of drug-likeness (QED) is 0.666. The zero-order valence-corrected chi connectivity index (χ0v) is 13.7. The van der Waals surface area contributed by atoms with Gasteiger partial charge in [0.15, 0.2) is 0 Å². The minimum Gasteiger partial charge on any atom is -0.346 e. The molecule has 0 fully saturated rings. The van der Waals surface area contributed by atoms with E-state index < -0.39 is 11.6 Å². The van der Waals surface area contributed by atoms with Crippen molar-refractivity contribution in [2.24, 2.45) is 0 Å². The Labute approximate surface area is 144 Å². The molecule has 0 bridgehead atoms. The fourth-order valence-electron chi connectivity index (χ4n) is 2.67. The van der Waals surface area contributed by atoms with Crippen LogP contribution in [0.4, 0.5) is 8.78 Å². The molecular formula is C21H17F2NO. The largest absolute Gasteiger partial charge is 0.346 e. The summed E-state index contributed by atoms with van der Waals surface area (Å²) >= 11 is 0. The van der Waals surface area contributed by atoms with Crippen molar-refractivity contribution in [2.75, 3.05) is 0 Å². The van der Waals surface area contributed by atoms with E-state index in [2.05, 4.69) is 5.32 Å². The number of rotatable bonds is 4. The van der Waals surface area contributed by atoms with E-state index in [0.29, 0.717) is 5.56 Å². The van der Waals surface area contributed by atoms with Gasteiger partial charge in [-0.2, -0.15) is 0 Å². The van der Waals surface area contributed by atoms with Crippen molar-refractivity contribution >= 4 is 22.8 Å². The van der Waals surface area contributed by atoms with Crippen LogP contribution in [0.1, 0.15) is 24.1 Å². The van der Waals surface area contributed by atoms with Crippen LogP contribution in [-0.4, -0.2) is 5.91 Å². The third-order valence-electron chi connectivity index (χ3n) is 3.94. The highest BCUT2D eigenvalue weighted by atomic mass is 19.1. The molecule has 0 unspecified atom stereocenters. The first-order valence-corrected chi connectivity index (χ1v) is 7.94. The molecule has 0 aliphatic heterocycles. The van der Waals surface area contributed by atoms with Gasteiger partial charge < -0.3 is 5.32 Å². The van der Waals surface area contributed by atoms with E-state index in [4.69, 9.17) is 0 Å². The minimum absolute atomic E-state index is 0.189. The maximum Gasteiger partial charge on any atom is 0.244 e. The topological polar surface area (TPSA) is 29.1 Å². The summed E-state index contributed by atoms with van der Waals surface area (Å²) in [5.41, 5.74) is 1.28. The number of benzene rings is 3. The predicted molar refractivity (Wildman–Crippen MR) is 95.9 cm³/mol. The fraction of sp³-hybridized carbons (Fsp3) is 0.0952. The monoisotopic (exact) mass is 337 g/mol. The number of carbonyl (C=O) groups excluding carboxylic acids is 1. The summed E-state index contributed by atoms with van der Waals surface area (Å²) in [6, 6.07) is 17.0. The van der Waals surface area contributed by atoms with Crippen LogP contribution in [0.3, 0.4) is 0 Å². The van der Waals surface area contributed by atoms with Crippen LogP contribution in [0.15, 0.2) is 66.7 Å². The van der Waals surface area contributed by atoms with Crippen LogP contribution in [0.5, 0.6) is 0 Å². The Morgan fingerprint density at radius 3 is 2.36 bits per heavy atom. The summed E-state index contributed by atoms with van der Waals surface area (Å²) < 4.78 is 26.3. The molecule has 0 aromatic heterocycles. The Balaban J connectivity index is 1.69. The van der Waals surface area contributed by atoms with Crippen molar-refractivity contribution in [3.05, 3.63) is 89.5 Å². The fourth-order valence-corrected chi connectivity index (χ4v) is 2.67. The van der Waals surface area contributed by atoms with Gasteiger partial charge in [-0.15, -0.1) is 0 Å². The zero-order chi connectivity index (χ0) is 17.8. The van der Waals surface area contributed by atoms with Crippen LogP contribution in [0.25, 0.3) is 16.8 Å². The molecule has 0 aliphatic rings. The zero-order valence-electron chi connectivity index (χ0n) is 13.7. The van der Waals surface area contributed by atoms with Crippen LogP contribution in [0.2, 0.25) is 0 Å². The molecule has 25 heavy (non-hydrogen) atoms. The average molecular weight is 337 g/mol. The van der Waals surface area contributed by atoms with Crippen molar-refractivity contribution in [1.82, 2.24) is 5.32 Å². The van der Waals surface area contributed by atoms with Gasteiger partial charge in [0, 0.05) is 12.1 Å². The number of amides is 1. The first-order chi connectivity index (χ1) is 12.0. The van der Waals surface area contributed by atoms with E-state index in [1.54, 1.807) is 0 Å². The molecule has 4 heteroatoms. The third kappa shape index (κ3) is 4.29. The van der Waals surface area contributed by atoms with Crippen LogP contribution >= 0.6 is 0 Å². The summed E-state index contributed by atoms with van der Waals surface area (Å²) in [5, 5.41) is 5.09. The van der Waals surface area contributed by atoms with Crippen molar-refractivity contribution in [3.63, 3.8) is 0 Å². The molecule has 0 saturated heterocycles. The lowest BCUT2D eigenvalue weighted by atomic mass is 10.0. The van der Waals surface area contributed by atoms with Gasteiger partial charge in [0.25, 0.3) is 0 Å². The first-order valence-electron chi connectivity index (χ1n) is 7.94. The van der Waals surface area contributed by atoms with Gasteiger partial charge in [0.2, 0.25) is 5.91 Å². The maximum atomic E-state index is 13.1. The number of nitrogens with one attached hydrogen (secondary N) is 1. The molecular weight excluding hydrogens is 320 g/mol. The van der Waals surface area contributed by atoms with Crippen LogP contribution < -0.4 is 5.32 Å².